The Bertz CT molecular complexity index is 4130. The van der Waals surface area contributed by atoms with Crippen LogP contribution in [0.1, 0.15) is 0 Å². The van der Waals surface area contributed by atoms with Crippen molar-refractivity contribution >= 4 is 94.2 Å². The molecule has 4 heteroatoms. The van der Waals surface area contributed by atoms with Crippen LogP contribution in [0.3, 0.4) is 0 Å². The van der Waals surface area contributed by atoms with Crippen molar-refractivity contribution in [1.82, 2.24) is 13.7 Å². The van der Waals surface area contributed by atoms with E-state index in [1.54, 1.807) is 0 Å². The second kappa shape index (κ2) is 16.1. The van der Waals surface area contributed by atoms with Crippen molar-refractivity contribution in [1.29, 1.82) is 0 Å². The van der Waals surface area contributed by atoms with Gasteiger partial charge in [-0.05, 0) is 86.5 Å². The number of hydrogen-bond donors (Lipinski definition) is 0. The largest absolute Gasteiger partial charge is 0.309 e. The summed E-state index contributed by atoms with van der Waals surface area (Å²) in [5.74, 6) is 0. The molecule has 0 unspecified atom stereocenters. The third-order valence-electron chi connectivity index (χ3n) is 14.7. The Morgan fingerprint density at radius 3 is 1.21 bits per heavy atom. The summed E-state index contributed by atoms with van der Waals surface area (Å²) in [7, 11) is -3.23. The van der Waals surface area contributed by atoms with Crippen LogP contribution in [-0.4, -0.2) is 21.8 Å². The molecule has 14 aromatic rings. The zero-order valence-electron chi connectivity index (χ0n) is 38.3. The molecule has 0 fully saturated rings. The van der Waals surface area contributed by atoms with E-state index >= 15 is 0 Å². The molecule has 70 heavy (non-hydrogen) atoms. The topological polar surface area (TPSA) is 14.8 Å². The Labute approximate surface area is 407 Å². The Kier molecular flexibility index (Phi) is 9.23. The Hall–Kier alpha value is -8.96. The minimum atomic E-state index is -3.23. The van der Waals surface area contributed by atoms with E-state index in [0.29, 0.717) is 0 Å². The molecule has 0 N–H and O–H groups in total. The number of rotatable bonds is 8. The lowest BCUT2D eigenvalue weighted by Gasteiger charge is -2.35. The monoisotopic (exact) mass is 907 g/mol. The molecule has 0 aliphatic rings. The van der Waals surface area contributed by atoms with Gasteiger partial charge in [0.1, 0.15) is 0 Å². The summed E-state index contributed by atoms with van der Waals surface area (Å²) >= 11 is 0. The lowest BCUT2D eigenvalue weighted by Crippen LogP contribution is -2.75. The van der Waals surface area contributed by atoms with Crippen molar-refractivity contribution in [2.75, 3.05) is 0 Å². The van der Waals surface area contributed by atoms with Crippen LogP contribution in [0.25, 0.3) is 93.6 Å². The fourth-order valence-electron chi connectivity index (χ4n) is 11.9. The molecular weight excluding hydrogens is 863 g/mol. The van der Waals surface area contributed by atoms with Gasteiger partial charge in [0, 0.05) is 43.7 Å². The summed E-state index contributed by atoms with van der Waals surface area (Å²) in [5.41, 5.74) is 12.9. The Balaban J connectivity index is 1.20. The number of para-hydroxylation sites is 5. The van der Waals surface area contributed by atoms with Crippen molar-refractivity contribution in [3.63, 3.8) is 0 Å². The highest BCUT2D eigenvalue weighted by Gasteiger charge is 2.44. The van der Waals surface area contributed by atoms with E-state index in [1.165, 1.54) is 91.8 Å². The summed E-state index contributed by atoms with van der Waals surface area (Å²) in [5, 5.41) is 12.7. The van der Waals surface area contributed by atoms with Gasteiger partial charge in [0.05, 0.1) is 38.8 Å². The first-order valence-electron chi connectivity index (χ1n) is 24.2. The SMILES string of the molecule is c1ccc(-c2cccc(-n3c4ccccc4c4cccc(-n5c6ccccc6c6cc(-n7c8ccccc8c8ccccc87)cc([Si](c7ccccc7)(c7ccccc7)c7ccccc7)c65)c43)c2)cc1. The summed E-state index contributed by atoms with van der Waals surface area (Å²) in [6.07, 6.45) is 0. The number of fused-ring (bicyclic) bond motifs is 9. The predicted octanol–water partition coefficient (Wildman–Crippen LogP) is 14.0. The van der Waals surface area contributed by atoms with Crippen LogP contribution < -0.4 is 20.7 Å². The quantitative estimate of drug-likeness (QED) is 0.107. The van der Waals surface area contributed by atoms with E-state index < -0.39 is 8.07 Å². The Morgan fingerprint density at radius 1 is 0.243 bits per heavy atom. The van der Waals surface area contributed by atoms with Crippen molar-refractivity contribution in [3.8, 4) is 28.2 Å². The Morgan fingerprint density at radius 2 is 0.657 bits per heavy atom. The standard InChI is InChI=1S/C66H45N3Si/c1-5-23-46(24-6-1)47-25-21-26-48(43-47)68-61-40-19-15-35-55(61)57-37-22-42-63(65(57)68)69-62-41-20-16-36-56(62)58-44-49(67-59-38-17-13-33-53(59)54-34-14-18-39-60(54)67)45-64(66(58)69)70(50-27-7-2-8-28-50,51-29-9-3-10-30-51)52-31-11-4-12-32-52/h1-45H. The van der Waals surface area contributed by atoms with Crippen molar-refractivity contribution in [3.05, 3.63) is 273 Å². The molecule has 14 rings (SSSR count). The fraction of sp³-hybridized carbons (Fsp3) is 0. The second-order valence-corrected chi connectivity index (χ2v) is 22.2. The lowest BCUT2D eigenvalue weighted by molar-refractivity contribution is 1.13. The smallest absolute Gasteiger partial charge is 0.181 e. The maximum atomic E-state index is 2.63. The minimum absolute atomic E-state index is 1.12. The third kappa shape index (κ3) is 5.94. The molecule has 0 amide bonds. The van der Waals surface area contributed by atoms with E-state index in [2.05, 4.69) is 287 Å². The van der Waals surface area contributed by atoms with Crippen LogP contribution in [0.4, 0.5) is 0 Å². The first kappa shape index (κ1) is 40.1. The fourth-order valence-corrected chi connectivity index (χ4v) is 16.9. The number of hydrogen-bond acceptors (Lipinski definition) is 0. The first-order chi connectivity index (χ1) is 34.8. The van der Waals surface area contributed by atoms with E-state index in [4.69, 9.17) is 0 Å². The molecule has 0 aliphatic carbocycles. The van der Waals surface area contributed by atoms with Gasteiger partial charge in [-0.1, -0.05) is 218 Å². The summed E-state index contributed by atoms with van der Waals surface area (Å²) in [6, 6.07) is 102. The van der Waals surface area contributed by atoms with E-state index in [0.717, 1.165) is 22.6 Å². The number of benzene rings is 11. The zero-order chi connectivity index (χ0) is 46.2. The first-order valence-corrected chi connectivity index (χ1v) is 26.2. The van der Waals surface area contributed by atoms with Gasteiger partial charge in [-0.15, -0.1) is 0 Å². The predicted molar refractivity (Wildman–Crippen MR) is 299 cm³/mol. The molecule has 0 radical (unpaired) electrons. The summed E-state index contributed by atoms with van der Waals surface area (Å²) in [4.78, 5) is 0. The van der Waals surface area contributed by atoms with Crippen LogP contribution in [-0.2, 0) is 0 Å². The van der Waals surface area contributed by atoms with Gasteiger partial charge in [0.2, 0.25) is 0 Å². The molecule has 3 nitrogen and oxygen atoms in total. The van der Waals surface area contributed by atoms with Gasteiger partial charge in [0.25, 0.3) is 0 Å². The zero-order valence-corrected chi connectivity index (χ0v) is 39.3. The van der Waals surface area contributed by atoms with Crippen LogP contribution in [0.2, 0.25) is 0 Å². The molecule has 0 saturated carbocycles. The van der Waals surface area contributed by atoms with E-state index in [9.17, 15) is 0 Å². The molecule has 0 spiro atoms. The molecule has 3 aromatic heterocycles. The van der Waals surface area contributed by atoms with Gasteiger partial charge in [0.15, 0.2) is 8.07 Å². The number of aromatic nitrogens is 3. The highest BCUT2D eigenvalue weighted by Crippen LogP contribution is 2.42. The molecule has 0 saturated heterocycles. The average Bonchev–Trinajstić information content (AvgIpc) is 4.08. The molecule has 11 aromatic carbocycles. The minimum Gasteiger partial charge on any atom is -0.309 e. The van der Waals surface area contributed by atoms with Crippen molar-refractivity contribution in [2.24, 2.45) is 0 Å². The summed E-state index contributed by atoms with van der Waals surface area (Å²) < 4.78 is 7.65. The van der Waals surface area contributed by atoms with Gasteiger partial charge in [-0.3, -0.25) is 0 Å². The molecular formula is C66H45N3Si. The summed E-state index contributed by atoms with van der Waals surface area (Å²) in [6.45, 7) is 0. The van der Waals surface area contributed by atoms with Crippen LogP contribution in [0.15, 0.2) is 273 Å². The van der Waals surface area contributed by atoms with Crippen molar-refractivity contribution < 1.29 is 0 Å². The van der Waals surface area contributed by atoms with E-state index in [1.807, 2.05) is 0 Å². The van der Waals surface area contributed by atoms with Gasteiger partial charge < -0.3 is 13.7 Å². The molecule has 0 aliphatic heterocycles. The molecule has 328 valence electrons. The highest BCUT2D eigenvalue weighted by atomic mass is 28.3. The maximum Gasteiger partial charge on any atom is 0.181 e. The maximum absolute atomic E-state index is 3.23. The molecule has 0 bridgehead atoms. The highest BCUT2D eigenvalue weighted by molar-refractivity contribution is 7.20. The van der Waals surface area contributed by atoms with Gasteiger partial charge >= 0.3 is 0 Å². The normalized spacial score (nSPS) is 12.0. The molecule has 3 heterocycles. The molecule has 0 atom stereocenters. The average molecular weight is 908 g/mol. The van der Waals surface area contributed by atoms with Crippen LogP contribution in [0.5, 0.6) is 0 Å². The van der Waals surface area contributed by atoms with Gasteiger partial charge in [-0.2, -0.15) is 0 Å². The van der Waals surface area contributed by atoms with Crippen LogP contribution in [0, 0.1) is 0 Å². The van der Waals surface area contributed by atoms with E-state index in [-0.39, 0.29) is 0 Å². The van der Waals surface area contributed by atoms with Gasteiger partial charge in [-0.25, -0.2) is 0 Å². The second-order valence-electron chi connectivity index (χ2n) is 18.4. The van der Waals surface area contributed by atoms with Crippen molar-refractivity contribution in [2.45, 2.75) is 0 Å². The lowest BCUT2D eigenvalue weighted by atomic mass is 10.1. The number of nitrogens with zero attached hydrogens (tertiary/aromatic N) is 3. The third-order valence-corrected chi connectivity index (χ3v) is 19.5. The van der Waals surface area contributed by atoms with Crippen LogP contribution >= 0.6 is 0 Å².